The normalized spacial score (nSPS) is 21.0. The molecule has 28 heavy (non-hydrogen) atoms. The second-order valence-corrected chi connectivity index (χ2v) is 8.53. The zero-order chi connectivity index (χ0) is 19.3. The molecule has 6 nitrogen and oxygen atoms in total. The number of benzene rings is 2. The van der Waals surface area contributed by atoms with E-state index in [1.54, 1.807) is 12.1 Å². The van der Waals surface area contributed by atoms with E-state index in [-0.39, 0.29) is 12.1 Å². The lowest BCUT2D eigenvalue weighted by Gasteiger charge is -2.26. The zero-order valence-corrected chi connectivity index (χ0v) is 16.6. The molecule has 2 unspecified atom stereocenters. The quantitative estimate of drug-likeness (QED) is 0.659. The molecule has 1 saturated carbocycles. The highest BCUT2D eigenvalue weighted by Gasteiger charge is 2.28. The van der Waals surface area contributed by atoms with Crippen molar-refractivity contribution in [1.82, 2.24) is 10.3 Å². The molecule has 0 radical (unpaired) electrons. The molecule has 2 aromatic carbocycles. The van der Waals surface area contributed by atoms with Crippen LogP contribution < -0.4 is 5.32 Å². The first kappa shape index (κ1) is 19.2. The lowest BCUT2D eigenvalue weighted by atomic mass is 10.0. The van der Waals surface area contributed by atoms with Gasteiger partial charge in [-0.05, 0) is 66.1 Å². The fraction of sp³-hybridized carbons (Fsp3) is 0.429. The third-order valence-electron chi connectivity index (χ3n) is 5.37. The summed E-state index contributed by atoms with van der Waals surface area (Å²) in [5.74, 6) is 0.843. The summed E-state index contributed by atoms with van der Waals surface area (Å²) < 4.78 is 22.1. The first-order valence-corrected chi connectivity index (χ1v) is 10.9. The molecule has 1 heterocycles. The number of nitrogens with zero attached hydrogens (tertiary/aromatic N) is 3. The maximum atomic E-state index is 11.0. The van der Waals surface area contributed by atoms with Gasteiger partial charge in [-0.3, -0.25) is 9.22 Å². The molecule has 1 aliphatic heterocycles. The molecule has 0 bridgehead atoms. The van der Waals surface area contributed by atoms with Gasteiger partial charge >= 0.3 is 0 Å². The topological polar surface area (TPSA) is 80.1 Å². The van der Waals surface area contributed by atoms with Crippen LogP contribution in [0.15, 0.2) is 69.8 Å². The zero-order valence-electron chi connectivity index (χ0n) is 15.7. The summed E-state index contributed by atoms with van der Waals surface area (Å²) in [4.78, 5) is 0.293. The fourth-order valence-corrected chi connectivity index (χ4v) is 3.88. The third-order valence-corrected chi connectivity index (χ3v) is 6.03. The highest BCUT2D eigenvalue weighted by molar-refractivity contribution is 7.79. The Bertz CT molecular complexity index is 824. The van der Waals surface area contributed by atoms with Gasteiger partial charge < -0.3 is 9.87 Å². The van der Waals surface area contributed by atoms with Crippen LogP contribution in [-0.4, -0.2) is 39.4 Å². The molecule has 0 spiro atoms. The van der Waals surface area contributed by atoms with Crippen molar-refractivity contribution in [1.29, 1.82) is 0 Å². The molecule has 148 valence electrons. The van der Waals surface area contributed by atoms with Gasteiger partial charge in [0.1, 0.15) is 6.04 Å². The Morgan fingerprint density at radius 1 is 1.14 bits per heavy atom. The van der Waals surface area contributed by atoms with Crippen LogP contribution >= 0.6 is 0 Å². The van der Waals surface area contributed by atoms with E-state index in [0.29, 0.717) is 11.4 Å². The van der Waals surface area contributed by atoms with Crippen LogP contribution in [0.4, 0.5) is 0 Å². The van der Waals surface area contributed by atoms with Crippen LogP contribution in [0, 0.1) is 5.92 Å². The van der Waals surface area contributed by atoms with Crippen molar-refractivity contribution in [2.75, 3.05) is 19.6 Å². The molecule has 0 saturated heterocycles. The van der Waals surface area contributed by atoms with Gasteiger partial charge in [-0.2, -0.15) is 5.11 Å². The molecule has 0 aromatic heterocycles. The molecule has 1 aliphatic carbocycles. The molecule has 2 aliphatic rings. The van der Waals surface area contributed by atoms with Crippen molar-refractivity contribution in [2.24, 2.45) is 16.3 Å². The monoisotopic (exact) mass is 397 g/mol. The van der Waals surface area contributed by atoms with Gasteiger partial charge in [0.05, 0.1) is 12.6 Å². The highest BCUT2D eigenvalue weighted by atomic mass is 32.2. The maximum absolute atomic E-state index is 11.0. The van der Waals surface area contributed by atoms with E-state index in [9.17, 15) is 8.76 Å². The predicted octanol–water partition coefficient (Wildman–Crippen LogP) is 3.26. The molecule has 1 fully saturated rings. The summed E-state index contributed by atoms with van der Waals surface area (Å²) in [6.07, 6.45) is 3.59. The summed E-state index contributed by atoms with van der Waals surface area (Å²) >= 11 is -2.20. The van der Waals surface area contributed by atoms with Crippen molar-refractivity contribution >= 4 is 11.1 Å². The molecule has 3 atom stereocenters. The Hall–Kier alpha value is -2.09. The average molecular weight is 398 g/mol. The van der Waals surface area contributed by atoms with Crippen LogP contribution in [0.5, 0.6) is 0 Å². The molecule has 1 N–H and O–H groups in total. The van der Waals surface area contributed by atoms with E-state index < -0.39 is 11.1 Å². The Morgan fingerprint density at radius 3 is 2.57 bits per heavy atom. The highest BCUT2D eigenvalue weighted by Crippen LogP contribution is 2.29. The van der Waals surface area contributed by atoms with Gasteiger partial charge in [-0.25, -0.2) is 0 Å². The minimum atomic E-state index is -2.20. The Balaban J connectivity index is 1.40. The number of rotatable bonds is 9. The first-order chi connectivity index (χ1) is 13.7. The number of hydrogen-bond acceptors (Lipinski definition) is 6. The van der Waals surface area contributed by atoms with E-state index in [1.807, 2.05) is 18.2 Å². The van der Waals surface area contributed by atoms with Gasteiger partial charge in [0.25, 0.3) is 0 Å². The summed E-state index contributed by atoms with van der Waals surface area (Å²) in [6.45, 7) is 2.67. The minimum absolute atomic E-state index is 0.0594. The van der Waals surface area contributed by atoms with Crippen LogP contribution in [0.3, 0.4) is 0 Å². The van der Waals surface area contributed by atoms with Crippen LogP contribution in [-0.2, 0) is 17.5 Å². The van der Waals surface area contributed by atoms with Gasteiger partial charge in [0, 0.05) is 11.4 Å². The molecular formula is C21H25N4O2S-. The van der Waals surface area contributed by atoms with Gasteiger partial charge in [0.2, 0.25) is 0 Å². The second kappa shape index (κ2) is 8.94. The smallest absolute Gasteiger partial charge is 0.117 e. The lowest BCUT2D eigenvalue weighted by Crippen LogP contribution is -2.41. The van der Waals surface area contributed by atoms with Crippen molar-refractivity contribution in [3.63, 3.8) is 0 Å². The Kier molecular flexibility index (Phi) is 6.14. The van der Waals surface area contributed by atoms with Crippen LogP contribution in [0.25, 0.3) is 0 Å². The van der Waals surface area contributed by atoms with Crippen LogP contribution in [0.1, 0.15) is 30.0 Å². The second-order valence-electron chi connectivity index (χ2n) is 7.59. The van der Waals surface area contributed by atoms with E-state index in [2.05, 4.69) is 44.9 Å². The van der Waals surface area contributed by atoms with E-state index in [1.165, 1.54) is 18.4 Å². The largest absolute Gasteiger partial charge is 0.768 e. The first-order valence-electron chi connectivity index (χ1n) is 9.80. The number of nitrogens with one attached hydrogen (secondary N) is 1. The van der Waals surface area contributed by atoms with E-state index in [0.717, 1.165) is 31.0 Å². The molecule has 2 aromatic rings. The summed E-state index contributed by atoms with van der Waals surface area (Å²) in [5.41, 5.74) is 2.28. The Morgan fingerprint density at radius 2 is 1.89 bits per heavy atom. The maximum Gasteiger partial charge on any atom is 0.117 e. The molecule has 4 rings (SSSR count). The van der Waals surface area contributed by atoms with Crippen molar-refractivity contribution in [3.8, 4) is 0 Å². The van der Waals surface area contributed by atoms with E-state index >= 15 is 0 Å². The molecule has 0 amide bonds. The predicted molar refractivity (Wildman–Crippen MR) is 107 cm³/mol. The number of hydrogen-bond donors (Lipinski definition) is 1. The minimum Gasteiger partial charge on any atom is -0.768 e. The lowest BCUT2D eigenvalue weighted by molar-refractivity contribution is 0.212. The van der Waals surface area contributed by atoms with Crippen molar-refractivity contribution in [3.05, 3.63) is 65.7 Å². The average Bonchev–Trinajstić information content (AvgIpc) is 3.41. The van der Waals surface area contributed by atoms with Gasteiger partial charge in [-0.1, -0.05) is 47.7 Å². The Labute approximate surface area is 168 Å². The fourth-order valence-electron chi connectivity index (χ4n) is 3.52. The third kappa shape index (κ3) is 5.04. The summed E-state index contributed by atoms with van der Waals surface area (Å²) in [7, 11) is 0. The van der Waals surface area contributed by atoms with E-state index in [4.69, 9.17) is 0 Å². The summed E-state index contributed by atoms with van der Waals surface area (Å²) in [6, 6.07) is 17.6. The summed E-state index contributed by atoms with van der Waals surface area (Å²) in [5, 5.41) is 14.6. The standard InChI is InChI=1S/C21H26N4O2S/c26-28(27)20-10-8-18(9-11-20)21-15-25(24-23-21)19(14-22-13-17-6-7-17)12-16-4-2-1-3-5-16/h1-5,8-11,17,19,21-22H,6-7,12-15H2,(H,26,27)/p-1/t19-,21?/m0/s1. The molecule has 7 heteroatoms. The van der Waals surface area contributed by atoms with Gasteiger partial charge in [-0.15, -0.1) is 0 Å². The van der Waals surface area contributed by atoms with Crippen molar-refractivity contribution in [2.45, 2.75) is 36.2 Å². The van der Waals surface area contributed by atoms with Gasteiger partial charge in [0.15, 0.2) is 0 Å². The molecular weight excluding hydrogens is 372 g/mol. The van der Waals surface area contributed by atoms with Crippen LogP contribution in [0.2, 0.25) is 0 Å². The van der Waals surface area contributed by atoms with Crippen molar-refractivity contribution < 1.29 is 8.76 Å². The SMILES string of the molecule is O=S([O-])c1ccc(C2CN([C@H](CNCC3CC3)Cc3ccccc3)N=N2)cc1.